The number of fused-ring (bicyclic) bond motifs is 1. The summed E-state index contributed by atoms with van der Waals surface area (Å²) in [5, 5.41) is 13.5. The summed E-state index contributed by atoms with van der Waals surface area (Å²) in [5.74, 6) is 0.878. The monoisotopic (exact) mass is 421 g/mol. The number of ether oxygens (including phenoxy) is 2. The highest BCUT2D eigenvalue weighted by atomic mass is 32.2. The van der Waals surface area contributed by atoms with Gasteiger partial charge in [-0.3, -0.25) is 9.59 Å². The number of aromatic nitrogens is 1. The van der Waals surface area contributed by atoms with Crippen LogP contribution in [0.25, 0.3) is 10.9 Å². The molecule has 1 N–H and O–H groups in total. The molecule has 3 aromatic rings. The predicted molar refractivity (Wildman–Crippen MR) is 115 cm³/mol. The normalized spacial score (nSPS) is 10.3. The summed E-state index contributed by atoms with van der Waals surface area (Å²) < 4.78 is 10.6. The van der Waals surface area contributed by atoms with Gasteiger partial charge in [0.05, 0.1) is 31.1 Å². The number of carbonyl (C=O) groups is 2. The molecule has 1 amide bonds. The van der Waals surface area contributed by atoms with Crippen LogP contribution in [-0.4, -0.2) is 36.6 Å². The number of rotatable bonds is 7. The van der Waals surface area contributed by atoms with Crippen molar-refractivity contribution in [3.8, 4) is 17.6 Å². The van der Waals surface area contributed by atoms with Crippen LogP contribution < -0.4 is 14.8 Å². The molecule has 0 aliphatic heterocycles. The van der Waals surface area contributed by atoms with Gasteiger partial charge in [-0.15, -0.1) is 0 Å². The number of carbonyl (C=O) groups excluding carboxylic acids is 2. The van der Waals surface area contributed by atoms with Crippen molar-refractivity contribution in [1.82, 2.24) is 4.98 Å². The first kappa shape index (κ1) is 21.1. The molecule has 0 radical (unpaired) electrons. The Hall–Kier alpha value is -3.57. The molecule has 7 nitrogen and oxygen atoms in total. The highest BCUT2D eigenvalue weighted by molar-refractivity contribution is 8.00. The number of ketones is 1. The van der Waals surface area contributed by atoms with Gasteiger partial charge >= 0.3 is 0 Å². The molecule has 0 aliphatic carbocycles. The van der Waals surface area contributed by atoms with Crippen LogP contribution in [0.5, 0.6) is 11.5 Å². The van der Waals surface area contributed by atoms with E-state index in [0.717, 1.165) is 5.39 Å². The van der Waals surface area contributed by atoms with E-state index in [1.165, 1.54) is 25.8 Å². The fourth-order valence-corrected chi connectivity index (χ4v) is 3.56. The number of pyridine rings is 1. The third-order valence-electron chi connectivity index (χ3n) is 4.32. The maximum atomic E-state index is 12.3. The molecule has 0 saturated carbocycles. The maximum Gasteiger partial charge on any atom is 0.234 e. The molecular formula is C22H19N3O4S. The standard InChI is InChI=1S/C22H19N3O4S/c1-13(26)14-4-6-17(7-5-14)24-21(27)12-30-22-16(11-23)8-15-9-19(28-2)20(29-3)10-18(15)25-22/h4-10H,12H2,1-3H3,(H,24,27). The molecule has 0 aliphatic rings. The highest BCUT2D eigenvalue weighted by Gasteiger charge is 2.13. The first-order chi connectivity index (χ1) is 14.4. The number of nitrogens with zero attached hydrogens (tertiary/aromatic N) is 2. The van der Waals surface area contributed by atoms with Crippen LogP contribution in [0.3, 0.4) is 0 Å². The molecule has 1 aromatic heterocycles. The van der Waals surface area contributed by atoms with E-state index >= 15 is 0 Å². The molecule has 0 spiro atoms. The third-order valence-corrected chi connectivity index (χ3v) is 5.31. The van der Waals surface area contributed by atoms with E-state index in [2.05, 4.69) is 16.4 Å². The summed E-state index contributed by atoms with van der Waals surface area (Å²) in [4.78, 5) is 28.2. The van der Waals surface area contributed by atoms with Gasteiger partial charge in [-0.2, -0.15) is 5.26 Å². The van der Waals surface area contributed by atoms with Crippen molar-refractivity contribution in [3.05, 3.63) is 53.6 Å². The van der Waals surface area contributed by atoms with Crippen molar-refractivity contribution in [2.24, 2.45) is 0 Å². The zero-order valence-corrected chi connectivity index (χ0v) is 17.5. The number of anilines is 1. The molecular weight excluding hydrogens is 402 g/mol. The van der Waals surface area contributed by atoms with E-state index in [-0.39, 0.29) is 17.4 Å². The van der Waals surface area contributed by atoms with Crippen LogP contribution in [0.15, 0.2) is 47.5 Å². The second-order valence-corrected chi connectivity index (χ2v) is 7.29. The molecule has 0 atom stereocenters. The van der Waals surface area contributed by atoms with Crippen molar-refractivity contribution in [2.45, 2.75) is 11.9 Å². The lowest BCUT2D eigenvalue weighted by Gasteiger charge is -2.11. The Bertz CT molecular complexity index is 1150. The quantitative estimate of drug-likeness (QED) is 0.453. The van der Waals surface area contributed by atoms with Crippen molar-refractivity contribution in [2.75, 3.05) is 25.3 Å². The number of nitrogens with one attached hydrogen (secondary N) is 1. The lowest BCUT2D eigenvalue weighted by atomic mass is 10.1. The average molecular weight is 421 g/mol. The Balaban J connectivity index is 1.76. The fraction of sp³-hybridized carbons (Fsp3) is 0.182. The molecule has 0 saturated heterocycles. The van der Waals surface area contributed by atoms with E-state index in [9.17, 15) is 14.9 Å². The molecule has 0 unspecified atom stereocenters. The molecule has 8 heteroatoms. The summed E-state index contributed by atoms with van der Waals surface area (Å²) in [7, 11) is 3.08. The summed E-state index contributed by atoms with van der Waals surface area (Å²) in [6.07, 6.45) is 0. The van der Waals surface area contributed by atoms with Gasteiger partial charge in [0.1, 0.15) is 11.1 Å². The summed E-state index contributed by atoms with van der Waals surface area (Å²) >= 11 is 1.17. The van der Waals surface area contributed by atoms with E-state index in [4.69, 9.17) is 9.47 Å². The molecule has 0 fully saturated rings. The van der Waals surface area contributed by atoms with Crippen LogP contribution in [0.1, 0.15) is 22.8 Å². The lowest BCUT2D eigenvalue weighted by molar-refractivity contribution is -0.113. The first-order valence-electron chi connectivity index (χ1n) is 8.95. The van der Waals surface area contributed by atoms with Gasteiger partial charge in [-0.05, 0) is 43.3 Å². The van der Waals surface area contributed by atoms with E-state index < -0.39 is 0 Å². The number of hydrogen-bond donors (Lipinski definition) is 1. The van der Waals surface area contributed by atoms with Gasteiger partial charge in [0.2, 0.25) is 5.91 Å². The summed E-state index contributed by atoms with van der Waals surface area (Å²) in [6.45, 7) is 1.49. The van der Waals surface area contributed by atoms with Gasteiger partial charge in [-0.25, -0.2) is 4.98 Å². The number of benzene rings is 2. The van der Waals surface area contributed by atoms with Gasteiger partial charge in [0.25, 0.3) is 0 Å². The second-order valence-electron chi connectivity index (χ2n) is 6.32. The minimum absolute atomic E-state index is 0.0379. The summed E-state index contributed by atoms with van der Waals surface area (Å²) in [6, 6.07) is 14.0. The van der Waals surface area contributed by atoms with Crippen molar-refractivity contribution in [1.29, 1.82) is 5.26 Å². The minimum atomic E-state index is -0.242. The Morgan fingerprint density at radius 2 is 1.77 bits per heavy atom. The largest absolute Gasteiger partial charge is 0.493 e. The number of Topliss-reactive ketones (excluding diaryl/α,β-unsaturated/α-hetero) is 1. The van der Waals surface area contributed by atoms with Gasteiger partial charge < -0.3 is 14.8 Å². The van der Waals surface area contributed by atoms with Crippen LogP contribution in [-0.2, 0) is 4.79 Å². The number of nitriles is 1. The number of methoxy groups -OCH3 is 2. The number of amides is 1. The van der Waals surface area contributed by atoms with Crippen LogP contribution in [0.4, 0.5) is 5.69 Å². The Kier molecular flexibility index (Phi) is 6.54. The molecule has 1 heterocycles. The lowest BCUT2D eigenvalue weighted by Crippen LogP contribution is -2.14. The Morgan fingerprint density at radius 1 is 1.10 bits per heavy atom. The van der Waals surface area contributed by atoms with Gasteiger partial charge in [0.15, 0.2) is 17.3 Å². The summed E-state index contributed by atoms with van der Waals surface area (Å²) in [5.41, 5.74) is 2.18. The van der Waals surface area contributed by atoms with Crippen LogP contribution >= 0.6 is 11.8 Å². The van der Waals surface area contributed by atoms with Crippen molar-refractivity contribution in [3.63, 3.8) is 0 Å². The topological polar surface area (TPSA) is 101 Å². The number of hydrogen-bond acceptors (Lipinski definition) is 7. The second kappa shape index (κ2) is 9.29. The molecule has 3 rings (SSSR count). The van der Waals surface area contributed by atoms with Crippen LogP contribution in [0, 0.1) is 11.3 Å². The maximum absolute atomic E-state index is 12.3. The number of thioether (sulfide) groups is 1. The third kappa shape index (κ3) is 4.70. The first-order valence-corrected chi connectivity index (χ1v) is 9.94. The molecule has 30 heavy (non-hydrogen) atoms. The molecule has 0 bridgehead atoms. The van der Waals surface area contributed by atoms with E-state index in [0.29, 0.717) is 38.9 Å². The average Bonchev–Trinajstić information content (AvgIpc) is 2.76. The SMILES string of the molecule is COc1cc2cc(C#N)c(SCC(=O)Nc3ccc(C(C)=O)cc3)nc2cc1OC. The fourth-order valence-electron chi connectivity index (χ4n) is 2.79. The van der Waals surface area contributed by atoms with Crippen molar-refractivity contribution >= 4 is 40.0 Å². The van der Waals surface area contributed by atoms with E-state index in [1.54, 1.807) is 49.6 Å². The van der Waals surface area contributed by atoms with E-state index in [1.807, 2.05) is 0 Å². The van der Waals surface area contributed by atoms with Crippen LogP contribution in [0.2, 0.25) is 0 Å². The predicted octanol–water partition coefficient (Wildman–Crippen LogP) is 4.06. The Morgan fingerprint density at radius 3 is 2.37 bits per heavy atom. The smallest absolute Gasteiger partial charge is 0.234 e. The molecule has 152 valence electrons. The molecule has 2 aromatic carbocycles. The zero-order chi connectivity index (χ0) is 21.7. The zero-order valence-electron chi connectivity index (χ0n) is 16.7. The minimum Gasteiger partial charge on any atom is -0.493 e. The van der Waals surface area contributed by atoms with Gasteiger partial charge in [0, 0.05) is 22.7 Å². The van der Waals surface area contributed by atoms with Gasteiger partial charge in [-0.1, -0.05) is 11.8 Å². The Labute approximate surface area is 178 Å². The van der Waals surface area contributed by atoms with Crippen molar-refractivity contribution < 1.29 is 19.1 Å². The highest BCUT2D eigenvalue weighted by Crippen LogP contribution is 2.33.